The molecule has 1 aliphatic heterocycles. The SMILES string of the molecule is COC(=O)c1c(N)nsc1NCC1CCS(=O)(=O)C1. The van der Waals surface area contributed by atoms with Gasteiger partial charge in [0.2, 0.25) is 0 Å². The van der Waals surface area contributed by atoms with Crippen LogP contribution in [0.2, 0.25) is 0 Å². The maximum atomic E-state index is 11.5. The van der Waals surface area contributed by atoms with Crippen LogP contribution >= 0.6 is 11.5 Å². The number of anilines is 2. The third-order valence-electron chi connectivity index (χ3n) is 2.99. The van der Waals surface area contributed by atoms with Crippen LogP contribution in [0.4, 0.5) is 10.8 Å². The average molecular weight is 305 g/mol. The molecule has 7 nitrogen and oxygen atoms in total. The lowest BCUT2D eigenvalue weighted by Gasteiger charge is -2.10. The molecule has 0 saturated carbocycles. The van der Waals surface area contributed by atoms with Crippen molar-refractivity contribution in [3.05, 3.63) is 5.56 Å². The van der Waals surface area contributed by atoms with Gasteiger partial charge in [-0.25, -0.2) is 13.2 Å². The molecule has 1 atom stereocenters. The van der Waals surface area contributed by atoms with Crippen molar-refractivity contribution in [2.75, 3.05) is 36.2 Å². The topological polar surface area (TPSA) is 111 Å². The number of aromatic nitrogens is 1. The van der Waals surface area contributed by atoms with Crippen molar-refractivity contribution in [2.24, 2.45) is 5.92 Å². The van der Waals surface area contributed by atoms with Gasteiger partial charge in [0.15, 0.2) is 15.7 Å². The molecule has 1 aliphatic rings. The minimum atomic E-state index is -2.89. The van der Waals surface area contributed by atoms with E-state index in [-0.39, 0.29) is 28.8 Å². The Kier molecular flexibility index (Phi) is 3.95. The van der Waals surface area contributed by atoms with Crippen molar-refractivity contribution < 1.29 is 17.9 Å². The van der Waals surface area contributed by atoms with E-state index in [1.165, 1.54) is 7.11 Å². The molecule has 0 aliphatic carbocycles. The molecular weight excluding hydrogens is 290 g/mol. The molecule has 1 aromatic rings. The highest BCUT2D eigenvalue weighted by molar-refractivity contribution is 7.91. The molecule has 0 aromatic carbocycles. The van der Waals surface area contributed by atoms with Gasteiger partial charge in [-0.1, -0.05) is 0 Å². The minimum Gasteiger partial charge on any atom is -0.465 e. The van der Waals surface area contributed by atoms with Crippen LogP contribution in [0.25, 0.3) is 0 Å². The molecule has 1 unspecified atom stereocenters. The molecule has 19 heavy (non-hydrogen) atoms. The van der Waals surface area contributed by atoms with Gasteiger partial charge < -0.3 is 15.8 Å². The van der Waals surface area contributed by atoms with Gasteiger partial charge >= 0.3 is 5.97 Å². The highest BCUT2D eigenvalue weighted by Gasteiger charge is 2.28. The van der Waals surface area contributed by atoms with Gasteiger partial charge in [-0.3, -0.25) is 0 Å². The Bertz CT molecular complexity index is 582. The second-order valence-electron chi connectivity index (χ2n) is 4.41. The maximum Gasteiger partial charge on any atom is 0.344 e. The van der Waals surface area contributed by atoms with Gasteiger partial charge in [-0.05, 0) is 23.9 Å². The maximum absolute atomic E-state index is 11.5. The quantitative estimate of drug-likeness (QED) is 0.772. The van der Waals surface area contributed by atoms with Crippen molar-refractivity contribution >= 4 is 38.2 Å². The third-order valence-corrected chi connectivity index (χ3v) is 5.64. The fourth-order valence-electron chi connectivity index (χ4n) is 1.99. The average Bonchev–Trinajstić information content (AvgIpc) is 2.89. The van der Waals surface area contributed by atoms with E-state index < -0.39 is 15.8 Å². The number of hydrogen-bond acceptors (Lipinski definition) is 8. The van der Waals surface area contributed by atoms with Crippen molar-refractivity contribution in [3.63, 3.8) is 0 Å². The van der Waals surface area contributed by atoms with Gasteiger partial charge in [0.25, 0.3) is 0 Å². The van der Waals surface area contributed by atoms with E-state index in [0.717, 1.165) is 11.5 Å². The summed E-state index contributed by atoms with van der Waals surface area (Å²) in [4.78, 5) is 11.5. The summed E-state index contributed by atoms with van der Waals surface area (Å²) in [7, 11) is -1.62. The predicted octanol–water partition coefficient (Wildman–Crippen LogP) is 0.358. The van der Waals surface area contributed by atoms with E-state index in [9.17, 15) is 13.2 Å². The number of nitrogens with zero attached hydrogens (tertiary/aromatic N) is 1. The molecule has 9 heteroatoms. The van der Waals surface area contributed by atoms with Crippen LogP contribution in [0, 0.1) is 5.92 Å². The Morgan fingerprint density at radius 1 is 1.63 bits per heavy atom. The Morgan fingerprint density at radius 2 is 2.37 bits per heavy atom. The van der Waals surface area contributed by atoms with Crippen molar-refractivity contribution in [3.8, 4) is 0 Å². The van der Waals surface area contributed by atoms with Crippen molar-refractivity contribution in [2.45, 2.75) is 6.42 Å². The summed E-state index contributed by atoms with van der Waals surface area (Å²) in [5.74, 6) is 0.0422. The lowest BCUT2D eigenvalue weighted by Crippen LogP contribution is -2.16. The first-order chi connectivity index (χ1) is 8.93. The number of carbonyl (C=O) groups excluding carboxylic acids is 1. The van der Waals surface area contributed by atoms with Gasteiger partial charge in [0, 0.05) is 6.54 Å². The number of nitrogens with two attached hydrogens (primary N) is 1. The number of nitrogen functional groups attached to an aromatic ring is 1. The number of methoxy groups -OCH3 is 1. The number of nitrogens with one attached hydrogen (secondary N) is 1. The van der Waals surface area contributed by atoms with E-state index in [1.807, 2.05) is 0 Å². The molecule has 106 valence electrons. The van der Waals surface area contributed by atoms with Crippen LogP contribution in [-0.2, 0) is 14.6 Å². The van der Waals surface area contributed by atoms with E-state index >= 15 is 0 Å². The molecule has 0 spiro atoms. The molecule has 2 rings (SSSR count). The monoisotopic (exact) mass is 305 g/mol. The first-order valence-electron chi connectivity index (χ1n) is 5.70. The molecule has 0 radical (unpaired) electrons. The molecule has 0 bridgehead atoms. The highest BCUT2D eigenvalue weighted by atomic mass is 32.2. The zero-order valence-corrected chi connectivity index (χ0v) is 12.0. The highest BCUT2D eigenvalue weighted by Crippen LogP contribution is 2.28. The number of rotatable bonds is 4. The van der Waals surface area contributed by atoms with Gasteiger partial charge in [0.1, 0.15) is 10.6 Å². The summed E-state index contributed by atoms with van der Waals surface area (Å²) < 4.78 is 31.2. The molecule has 1 saturated heterocycles. The van der Waals surface area contributed by atoms with Gasteiger partial charge in [0.05, 0.1) is 18.6 Å². The second-order valence-corrected chi connectivity index (χ2v) is 7.42. The van der Waals surface area contributed by atoms with E-state index in [0.29, 0.717) is 18.0 Å². The molecular formula is C10H15N3O4S2. The van der Waals surface area contributed by atoms with Crippen molar-refractivity contribution in [1.29, 1.82) is 0 Å². The van der Waals surface area contributed by atoms with Crippen LogP contribution in [0.5, 0.6) is 0 Å². The van der Waals surface area contributed by atoms with E-state index in [2.05, 4.69) is 14.4 Å². The summed E-state index contributed by atoms with van der Waals surface area (Å²) in [5.41, 5.74) is 5.82. The number of ether oxygens (including phenoxy) is 1. The fourth-order valence-corrected chi connectivity index (χ4v) is 4.56. The number of carbonyl (C=O) groups is 1. The normalized spacial score (nSPS) is 21.2. The van der Waals surface area contributed by atoms with Gasteiger partial charge in [-0.2, -0.15) is 4.37 Å². The van der Waals surface area contributed by atoms with E-state index in [4.69, 9.17) is 5.73 Å². The number of esters is 1. The zero-order chi connectivity index (χ0) is 14.0. The molecule has 0 amide bonds. The summed E-state index contributed by atoms with van der Waals surface area (Å²) in [6.07, 6.45) is 0.636. The van der Waals surface area contributed by atoms with E-state index in [1.54, 1.807) is 0 Å². The predicted molar refractivity (Wildman–Crippen MR) is 73.1 cm³/mol. The summed E-state index contributed by atoms with van der Waals surface area (Å²) in [6.45, 7) is 0.477. The Hall–Kier alpha value is -1.35. The van der Waals surface area contributed by atoms with Crippen LogP contribution in [0.3, 0.4) is 0 Å². The molecule has 3 N–H and O–H groups in total. The summed E-state index contributed by atoms with van der Waals surface area (Å²) in [5, 5.41) is 3.56. The molecule has 1 aromatic heterocycles. The second kappa shape index (κ2) is 5.33. The van der Waals surface area contributed by atoms with Crippen LogP contribution in [0.15, 0.2) is 0 Å². The van der Waals surface area contributed by atoms with Gasteiger partial charge in [-0.15, -0.1) is 0 Å². The lowest BCUT2D eigenvalue weighted by atomic mass is 10.1. The summed E-state index contributed by atoms with van der Waals surface area (Å²) >= 11 is 1.07. The fraction of sp³-hybridized carbons (Fsp3) is 0.600. The summed E-state index contributed by atoms with van der Waals surface area (Å²) in [6, 6.07) is 0. The standard InChI is InChI=1S/C10H15N3O4S2/c1-17-10(14)7-8(11)13-18-9(7)12-4-6-2-3-19(15,16)5-6/h6,12H,2-5H2,1H3,(H2,11,13). The Morgan fingerprint density at radius 3 is 2.95 bits per heavy atom. The smallest absolute Gasteiger partial charge is 0.344 e. The zero-order valence-electron chi connectivity index (χ0n) is 10.4. The number of sulfone groups is 1. The molecule has 2 heterocycles. The first kappa shape index (κ1) is 14.1. The number of hydrogen-bond donors (Lipinski definition) is 2. The molecule has 1 fully saturated rings. The van der Waals surface area contributed by atoms with Crippen molar-refractivity contribution in [1.82, 2.24) is 4.37 Å². The van der Waals surface area contributed by atoms with Crippen LogP contribution in [-0.4, -0.2) is 43.9 Å². The third kappa shape index (κ3) is 3.16. The largest absolute Gasteiger partial charge is 0.465 e. The Balaban J connectivity index is 2.03. The lowest BCUT2D eigenvalue weighted by molar-refractivity contribution is 0.0603. The van der Waals surface area contributed by atoms with Crippen LogP contribution in [0.1, 0.15) is 16.8 Å². The minimum absolute atomic E-state index is 0.0545. The first-order valence-corrected chi connectivity index (χ1v) is 8.30. The van der Waals surface area contributed by atoms with Crippen LogP contribution < -0.4 is 11.1 Å². The Labute approximate surface area is 115 Å².